The molecule has 1 fully saturated rings. The summed E-state index contributed by atoms with van der Waals surface area (Å²) in [5, 5.41) is 0. The van der Waals surface area contributed by atoms with Gasteiger partial charge in [-0.05, 0) is 24.3 Å². The molecule has 0 saturated carbocycles. The van der Waals surface area contributed by atoms with Crippen molar-refractivity contribution in [3.63, 3.8) is 0 Å². The molecule has 1 aromatic carbocycles. The van der Waals surface area contributed by atoms with E-state index in [1.807, 2.05) is 0 Å². The van der Waals surface area contributed by atoms with Crippen LogP contribution in [-0.4, -0.2) is 24.9 Å². The largest absolute Gasteiger partial charge is 0.573 e. The number of nitrogens with zero attached hydrogens (tertiary/aromatic N) is 1. The molecule has 7 heteroatoms. The first kappa shape index (κ1) is 12.7. The number of amides is 1. The predicted molar refractivity (Wildman–Crippen MR) is 58.1 cm³/mol. The Balaban J connectivity index is 2.11. The molecule has 0 bridgehead atoms. The highest BCUT2D eigenvalue weighted by atomic mass is 19.4. The van der Waals surface area contributed by atoms with Crippen molar-refractivity contribution < 1.29 is 22.7 Å². The summed E-state index contributed by atoms with van der Waals surface area (Å²) in [6.45, 7) is 0.373. The number of nitrogens with two attached hydrogens (primary N) is 1. The number of ether oxygens (including phenoxy) is 1. The van der Waals surface area contributed by atoms with Crippen LogP contribution in [0.25, 0.3) is 0 Å². The second-order valence-corrected chi connectivity index (χ2v) is 4.01. The molecule has 1 aromatic rings. The zero-order chi connectivity index (χ0) is 13.3. The lowest BCUT2D eigenvalue weighted by Crippen LogP contribution is -2.27. The van der Waals surface area contributed by atoms with Crippen molar-refractivity contribution in [3.05, 3.63) is 24.3 Å². The van der Waals surface area contributed by atoms with Crippen molar-refractivity contribution in [2.75, 3.05) is 11.4 Å². The van der Waals surface area contributed by atoms with Gasteiger partial charge in [0.1, 0.15) is 5.75 Å². The fourth-order valence-electron chi connectivity index (χ4n) is 1.81. The van der Waals surface area contributed by atoms with E-state index >= 15 is 0 Å². The average molecular weight is 260 g/mol. The molecule has 1 unspecified atom stereocenters. The standard InChI is InChI=1S/C11H11F3N2O2/c12-11(13,14)18-9-3-1-8(2-4-9)16-6-7(15)5-10(16)17/h1-4,7H,5-6,15H2. The Hall–Kier alpha value is -1.76. The van der Waals surface area contributed by atoms with E-state index in [1.54, 1.807) is 0 Å². The number of anilines is 1. The first-order chi connectivity index (χ1) is 8.35. The highest BCUT2D eigenvalue weighted by Gasteiger charge is 2.31. The van der Waals surface area contributed by atoms with Gasteiger partial charge in [-0.2, -0.15) is 0 Å². The number of alkyl halides is 3. The van der Waals surface area contributed by atoms with E-state index in [9.17, 15) is 18.0 Å². The number of carbonyl (C=O) groups is 1. The van der Waals surface area contributed by atoms with Gasteiger partial charge >= 0.3 is 6.36 Å². The zero-order valence-electron chi connectivity index (χ0n) is 9.28. The van der Waals surface area contributed by atoms with E-state index in [1.165, 1.54) is 29.2 Å². The second kappa shape index (κ2) is 4.49. The van der Waals surface area contributed by atoms with Crippen LogP contribution in [0.15, 0.2) is 24.3 Å². The molecule has 0 radical (unpaired) electrons. The summed E-state index contributed by atoms with van der Waals surface area (Å²) in [5.41, 5.74) is 6.15. The lowest BCUT2D eigenvalue weighted by atomic mass is 10.3. The summed E-state index contributed by atoms with van der Waals surface area (Å²) in [6.07, 6.45) is -4.46. The van der Waals surface area contributed by atoms with Gasteiger partial charge in [-0.3, -0.25) is 4.79 Å². The van der Waals surface area contributed by atoms with E-state index in [4.69, 9.17) is 5.73 Å². The van der Waals surface area contributed by atoms with Gasteiger partial charge in [-0.25, -0.2) is 0 Å². The number of hydrogen-bond acceptors (Lipinski definition) is 3. The minimum atomic E-state index is -4.71. The third-order valence-electron chi connectivity index (χ3n) is 2.54. The van der Waals surface area contributed by atoms with Crippen LogP contribution in [0.2, 0.25) is 0 Å². The number of benzene rings is 1. The molecule has 1 saturated heterocycles. The fourth-order valence-corrected chi connectivity index (χ4v) is 1.81. The van der Waals surface area contributed by atoms with E-state index in [-0.39, 0.29) is 24.1 Å². The summed E-state index contributed by atoms with van der Waals surface area (Å²) >= 11 is 0. The summed E-state index contributed by atoms with van der Waals surface area (Å²) in [4.78, 5) is 13.0. The van der Waals surface area contributed by atoms with Gasteiger partial charge in [0.15, 0.2) is 0 Å². The van der Waals surface area contributed by atoms with Gasteiger partial charge in [0.25, 0.3) is 0 Å². The Bertz CT molecular complexity index is 445. The van der Waals surface area contributed by atoms with Gasteiger partial charge < -0.3 is 15.4 Å². The molecular weight excluding hydrogens is 249 g/mol. The first-order valence-corrected chi connectivity index (χ1v) is 5.27. The number of hydrogen-bond donors (Lipinski definition) is 1. The van der Waals surface area contributed by atoms with Crippen LogP contribution >= 0.6 is 0 Å². The summed E-state index contributed by atoms with van der Waals surface area (Å²) in [7, 11) is 0. The third-order valence-corrected chi connectivity index (χ3v) is 2.54. The number of halogens is 3. The van der Waals surface area contributed by atoms with E-state index in [0.29, 0.717) is 12.2 Å². The highest BCUT2D eigenvalue weighted by Crippen LogP contribution is 2.27. The topological polar surface area (TPSA) is 55.6 Å². The molecule has 98 valence electrons. The molecule has 1 atom stereocenters. The van der Waals surface area contributed by atoms with Crippen molar-refractivity contribution >= 4 is 11.6 Å². The minimum absolute atomic E-state index is 0.132. The zero-order valence-corrected chi connectivity index (χ0v) is 9.28. The lowest BCUT2D eigenvalue weighted by molar-refractivity contribution is -0.274. The molecule has 1 amide bonds. The molecule has 2 N–H and O–H groups in total. The molecule has 1 aliphatic rings. The minimum Gasteiger partial charge on any atom is -0.406 e. The Morgan fingerprint density at radius 2 is 1.89 bits per heavy atom. The van der Waals surface area contributed by atoms with Crippen molar-refractivity contribution in [2.24, 2.45) is 5.73 Å². The number of rotatable bonds is 2. The molecule has 4 nitrogen and oxygen atoms in total. The van der Waals surface area contributed by atoms with Gasteiger partial charge in [-0.1, -0.05) is 0 Å². The summed E-state index contributed by atoms with van der Waals surface area (Å²) in [6, 6.07) is 4.90. The Kier molecular flexibility index (Phi) is 3.16. The quantitative estimate of drug-likeness (QED) is 0.879. The molecule has 18 heavy (non-hydrogen) atoms. The Labute approximate surface area is 101 Å². The SMILES string of the molecule is NC1CC(=O)N(c2ccc(OC(F)(F)F)cc2)C1. The summed E-state index contributed by atoms with van der Waals surface area (Å²) < 4.78 is 39.6. The Morgan fingerprint density at radius 3 is 2.33 bits per heavy atom. The fraction of sp³-hybridized carbons (Fsp3) is 0.364. The first-order valence-electron chi connectivity index (χ1n) is 5.27. The van der Waals surface area contributed by atoms with E-state index in [2.05, 4.69) is 4.74 Å². The number of carbonyl (C=O) groups excluding carboxylic acids is 1. The van der Waals surface area contributed by atoms with Gasteiger partial charge in [-0.15, -0.1) is 13.2 Å². The normalized spacial score (nSPS) is 20.3. The maximum absolute atomic E-state index is 12.0. The highest BCUT2D eigenvalue weighted by molar-refractivity contribution is 5.96. The smallest absolute Gasteiger partial charge is 0.406 e. The van der Waals surface area contributed by atoms with Gasteiger partial charge in [0.2, 0.25) is 5.91 Å². The maximum Gasteiger partial charge on any atom is 0.573 e. The third kappa shape index (κ3) is 2.92. The molecule has 1 aliphatic heterocycles. The monoisotopic (exact) mass is 260 g/mol. The Morgan fingerprint density at radius 1 is 1.28 bits per heavy atom. The molecule has 1 heterocycles. The second-order valence-electron chi connectivity index (χ2n) is 4.01. The van der Waals surface area contributed by atoms with Crippen molar-refractivity contribution in [2.45, 2.75) is 18.8 Å². The molecular formula is C11H11F3N2O2. The predicted octanol–water partition coefficient (Wildman–Crippen LogP) is 1.65. The van der Waals surface area contributed by atoms with Crippen LogP contribution in [0.5, 0.6) is 5.75 Å². The van der Waals surface area contributed by atoms with Gasteiger partial charge in [0.05, 0.1) is 0 Å². The van der Waals surface area contributed by atoms with Crippen LogP contribution in [0.4, 0.5) is 18.9 Å². The van der Waals surface area contributed by atoms with Crippen LogP contribution in [0, 0.1) is 0 Å². The van der Waals surface area contributed by atoms with Crippen molar-refractivity contribution in [1.29, 1.82) is 0 Å². The molecule has 2 rings (SSSR count). The molecule has 0 aromatic heterocycles. The average Bonchev–Trinajstić information content (AvgIpc) is 2.57. The van der Waals surface area contributed by atoms with E-state index in [0.717, 1.165) is 0 Å². The van der Waals surface area contributed by atoms with Crippen molar-refractivity contribution in [1.82, 2.24) is 0 Å². The van der Waals surface area contributed by atoms with Crippen LogP contribution in [0.3, 0.4) is 0 Å². The summed E-state index contributed by atoms with van der Waals surface area (Å²) in [5.74, 6) is -0.450. The molecule has 0 spiro atoms. The maximum atomic E-state index is 12.0. The van der Waals surface area contributed by atoms with Gasteiger partial charge in [0, 0.05) is 24.7 Å². The lowest BCUT2D eigenvalue weighted by Gasteiger charge is -2.16. The van der Waals surface area contributed by atoms with Crippen LogP contribution in [0.1, 0.15) is 6.42 Å². The van der Waals surface area contributed by atoms with E-state index < -0.39 is 6.36 Å². The molecule has 0 aliphatic carbocycles. The van der Waals surface area contributed by atoms with Crippen LogP contribution < -0.4 is 15.4 Å². The van der Waals surface area contributed by atoms with Crippen LogP contribution in [-0.2, 0) is 4.79 Å². The van der Waals surface area contributed by atoms with Crippen molar-refractivity contribution in [3.8, 4) is 5.75 Å².